The Morgan fingerprint density at radius 3 is 2.82 bits per heavy atom. The summed E-state index contributed by atoms with van der Waals surface area (Å²) in [6.07, 6.45) is 3.62. The molecule has 0 saturated heterocycles. The molecule has 2 N–H and O–H groups in total. The van der Waals surface area contributed by atoms with Crippen LogP contribution in [0.3, 0.4) is 0 Å². The minimum atomic E-state index is -0.0783. The van der Waals surface area contributed by atoms with Gasteiger partial charge in [-0.3, -0.25) is 0 Å². The van der Waals surface area contributed by atoms with E-state index in [1.54, 1.807) is 19.5 Å². The molecule has 0 bridgehead atoms. The highest BCUT2D eigenvalue weighted by atomic mass is 35.5. The molecule has 2 aromatic rings. The van der Waals surface area contributed by atoms with Crippen molar-refractivity contribution in [2.24, 2.45) is 5.73 Å². The van der Waals surface area contributed by atoms with Crippen molar-refractivity contribution in [3.8, 4) is 11.4 Å². The average molecular weight is 252 g/mol. The van der Waals surface area contributed by atoms with Crippen LogP contribution in [-0.4, -0.2) is 16.7 Å². The molecule has 17 heavy (non-hydrogen) atoms. The van der Waals surface area contributed by atoms with Crippen LogP contribution in [0.15, 0.2) is 30.7 Å². The molecule has 0 unspecified atom stereocenters. The molecule has 1 aromatic heterocycles. The van der Waals surface area contributed by atoms with Crippen molar-refractivity contribution >= 4 is 11.6 Å². The number of hydrogen-bond donors (Lipinski definition) is 1. The molecule has 0 fully saturated rings. The number of ether oxygens (including phenoxy) is 1. The molecule has 0 aliphatic heterocycles. The van der Waals surface area contributed by atoms with E-state index in [0.29, 0.717) is 10.8 Å². The van der Waals surface area contributed by atoms with E-state index in [1.807, 2.05) is 29.8 Å². The maximum Gasteiger partial charge on any atom is 0.139 e. The van der Waals surface area contributed by atoms with Gasteiger partial charge in [-0.15, -0.1) is 0 Å². The lowest BCUT2D eigenvalue weighted by Gasteiger charge is -2.07. The Kier molecular flexibility index (Phi) is 3.36. The number of nitrogens with two attached hydrogens (primary N) is 1. The lowest BCUT2D eigenvalue weighted by molar-refractivity contribution is 0.415. The molecule has 0 amide bonds. The Morgan fingerprint density at radius 2 is 2.24 bits per heavy atom. The Labute approximate surface area is 105 Å². The number of rotatable bonds is 3. The van der Waals surface area contributed by atoms with Gasteiger partial charge in [-0.25, -0.2) is 4.98 Å². The molecule has 1 atom stereocenters. The van der Waals surface area contributed by atoms with Crippen molar-refractivity contribution in [1.82, 2.24) is 9.55 Å². The average Bonchev–Trinajstić information content (AvgIpc) is 2.79. The van der Waals surface area contributed by atoms with Crippen LogP contribution in [0, 0.1) is 0 Å². The number of imidazole rings is 1. The summed E-state index contributed by atoms with van der Waals surface area (Å²) in [6.45, 7) is 1.90. The summed E-state index contributed by atoms with van der Waals surface area (Å²) >= 11 is 5.97. The number of halogens is 1. The zero-order chi connectivity index (χ0) is 12.4. The number of nitrogens with zero attached hydrogens (tertiary/aromatic N) is 2. The van der Waals surface area contributed by atoms with Crippen molar-refractivity contribution in [3.63, 3.8) is 0 Å². The highest BCUT2D eigenvalue weighted by Gasteiger charge is 2.07. The van der Waals surface area contributed by atoms with Crippen LogP contribution in [0.5, 0.6) is 5.75 Å². The van der Waals surface area contributed by atoms with Gasteiger partial charge in [0.2, 0.25) is 0 Å². The lowest BCUT2D eigenvalue weighted by atomic mass is 10.2. The van der Waals surface area contributed by atoms with Crippen LogP contribution in [0.25, 0.3) is 5.69 Å². The van der Waals surface area contributed by atoms with Gasteiger partial charge < -0.3 is 15.0 Å². The van der Waals surface area contributed by atoms with Crippen LogP contribution in [0.2, 0.25) is 5.02 Å². The van der Waals surface area contributed by atoms with Crippen LogP contribution >= 0.6 is 11.6 Å². The summed E-state index contributed by atoms with van der Waals surface area (Å²) in [5, 5.41) is 0.587. The van der Waals surface area contributed by atoms with E-state index in [-0.39, 0.29) is 6.04 Å². The second-order valence-corrected chi connectivity index (χ2v) is 4.22. The molecule has 4 nitrogen and oxygen atoms in total. The van der Waals surface area contributed by atoms with Crippen LogP contribution in [0.4, 0.5) is 0 Å². The summed E-state index contributed by atoms with van der Waals surface area (Å²) in [7, 11) is 1.59. The van der Waals surface area contributed by atoms with Gasteiger partial charge in [0.05, 0.1) is 29.8 Å². The quantitative estimate of drug-likeness (QED) is 0.912. The van der Waals surface area contributed by atoms with E-state index < -0.39 is 0 Å². The van der Waals surface area contributed by atoms with Crippen LogP contribution in [-0.2, 0) is 0 Å². The van der Waals surface area contributed by atoms with Crippen molar-refractivity contribution in [2.45, 2.75) is 13.0 Å². The highest BCUT2D eigenvalue weighted by Crippen LogP contribution is 2.26. The van der Waals surface area contributed by atoms with Gasteiger partial charge >= 0.3 is 0 Å². The van der Waals surface area contributed by atoms with Crippen LogP contribution < -0.4 is 10.5 Å². The smallest absolute Gasteiger partial charge is 0.139 e. The first-order valence-corrected chi connectivity index (χ1v) is 5.63. The molecule has 0 spiro atoms. The lowest BCUT2D eigenvalue weighted by Crippen LogP contribution is -2.04. The summed E-state index contributed by atoms with van der Waals surface area (Å²) in [5.41, 5.74) is 7.55. The predicted molar refractivity (Wildman–Crippen MR) is 67.7 cm³/mol. The molecule has 0 saturated carbocycles. The molecule has 90 valence electrons. The van der Waals surface area contributed by atoms with E-state index in [2.05, 4.69) is 4.98 Å². The maximum atomic E-state index is 5.97. The fourth-order valence-corrected chi connectivity index (χ4v) is 1.72. The number of aromatic nitrogens is 2. The minimum Gasteiger partial charge on any atom is -0.495 e. The Morgan fingerprint density at radius 1 is 1.47 bits per heavy atom. The molecule has 5 heteroatoms. The molecule has 0 aliphatic rings. The van der Waals surface area contributed by atoms with Crippen molar-refractivity contribution in [1.29, 1.82) is 0 Å². The molecule has 1 heterocycles. The zero-order valence-electron chi connectivity index (χ0n) is 9.72. The molecular weight excluding hydrogens is 238 g/mol. The molecule has 0 aliphatic carbocycles. The van der Waals surface area contributed by atoms with Gasteiger partial charge in [-0.1, -0.05) is 11.6 Å². The first-order chi connectivity index (χ1) is 8.11. The first-order valence-electron chi connectivity index (χ1n) is 5.25. The maximum absolute atomic E-state index is 5.97. The van der Waals surface area contributed by atoms with Crippen molar-refractivity contribution in [3.05, 3.63) is 41.4 Å². The minimum absolute atomic E-state index is 0.0783. The van der Waals surface area contributed by atoms with Gasteiger partial charge in [-0.05, 0) is 19.1 Å². The number of hydrogen-bond acceptors (Lipinski definition) is 3. The molecular formula is C12H14ClN3O. The second kappa shape index (κ2) is 4.77. The topological polar surface area (TPSA) is 53.1 Å². The third-order valence-electron chi connectivity index (χ3n) is 2.50. The Hall–Kier alpha value is -1.52. The third-order valence-corrected chi connectivity index (χ3v) is 2.81. The van der Waals surface area contributed by atoms with E-state index in [1.165, 1.54) is 0 Å². The molecule has 2 rings (SSSR count). The summed E-state index contributed by atoms with van der Waals surface area (Å²) in [6, 6.07) is 5.47. The highest BCUT2D eigenvalue weighted by molar-refractivity contribution is 6.32. The fraction of sp³-hybridized carbons (Fsp3) is 0.250. The van der Waals surface area contributed by atoms with Gasteiger partial charge in [0.15, 0.2) is 0 Å². The Balaban J connectivity index is 2.38. The van der Waals surface area contributed by atoms with Crippen molar-refractivity contribution in [2.75, 3.05) is 7.11 Å². The van der Waals surface area contributed by atoms with Crippen molar-refractivity contribution < 1.29 is 4.74 Å². The van der Waals surface area contributed by atoms with E-state index >= 15 is 0 Å². The van der Waals surface area contributed by atoms with E-state index in [4.69, 9.17) is 22.1 Å². The largest absolute Gasteiger partial charge is 0.495 e. The molecule has 1 aromatic carbocycles. The summed E-state index contributed by atoms with van der Waals surface area (Å²) in [5.74, 6) is 0.639. The van der Waals surface area contributed by atoms with E-state index in [9.17, 15) is 0 Å². The fourth-order valence-electron chi connectivity index (χ4n) is 1.52. The third kappa shape index (κ3) is 2.43. The zero-order valence-corrected chi connectivity index (χ0v) is 10.5. The molecule has 0 radical (unpaired) electrons. The monoisotopic (exact) mass is 251 g/mol. The van der Waals surface area contributed by atoms with Gasteiger partial charge in [0.1, 0.15) is 5.75 Å². The first kappa shape index (κ1) is 12.0. The normalized spacial score (nSPS) is 12.5. The van der Waals surface area contributed by atoms with E-state index in [0.717, 1.165) is 11.4 Å². The second-order valence-electron chi connectivity index (χ2n) is 3.81. The number of benzene rings is 1. The summed E-state index contributed by atoms with van der Waals surface area (Å²) < 4.78 is 7.06. The summed E-state index contributed by atoms with van der Waals surface area (Å²) in [4.78, 5) is 4.23. The van der Waals surface area contributed by atoms with Crippen LogP contribution in [0.1, 0.15) is 18.7 Å². The SMILES string of the molecule is COc1cc(-n2cnc([C@H](C)N)c2)ccc1Cl. The predicted octanol–water partition coefficient (Wildman–Crippen LogP) is 2.55. The number of methoxy groups -OCH3 is 1. The van der Waals surface area contributed by atoms with Gasteiger partial charge in [-0.2, -0.15) is 0 Å². The van der Waals surface area contributed by atoms with Gasteiger partial charge in [0, 0.05) is 18.3 Å². The standard InChI is InChI=1S/C12H14ClN3O/c1-8(14)11-6-16(7-15-11)9-3-4-10(13)12(5-9)17-2/h3-8H,14H2,1-2H3/t8-/m0/s1. The van der Waals surface area contributed by atoms with Gasteiger partial charge in [0.25, 0.3) is 0 Å². The Bertz CT molecular complexity index is 522.